The molecule has 124 valence electrons. The van der Waals surface area contributed by atoms with Gasteiger partial charge in [-0.15, -0.1) is 0 Å². The molecule has 0 unspecified atom stereocenters. The quantitative estimate of drug-likeness (QED) is 0.788. The van der Waals surface area contributed by atoms with Gasteiger partial charge in [0.05, 0.1) is 5.54 Å². The second kappa shape index (κ2) is 6.28. The average molecular weight is 296 g/mol. The van der Waals surface area contributed by atoms with Gasteiger partial charge in [0.15, 0.2) is 0 Å². The molecule has 0 aromatic carbocycles. The van der Waals surface area contributed by atoms with Gasteiger partial charge in [-0.2, -0.15) is 0 Å². The van der Waals surface area contributed by atoms with Crippen LogP contribution in [0.5, 0.6) is 0 Å². The lowest BCUT2D eigenvalue weighted by Crippen LogP contribution is -2.60. The summed E-state index contributed by atoms with van der Waals surface area (Å²) >= 11 is 0. The molecule has 0 heterocycles. The van der Waals surface area contributed by atoms with Crippen LogP contribution < -0.4 is 0 Å². The van der Waals surface area contributed by atoms with Crippen LogP contribution >= 0.6 is 0 Å². The highest BCUT2D eigenvalue weighted by Crippen LogP contribution is 2.36. The van der Waals surface area contributed by atoms with Crippen molar-refractivity contribution < 1.29 is 4.79 Å². The molecule has 21 heavy (non-hydrogen) atoms. The Kier molecular flexibility index (Phi) is 5.52. The molecule has 0 bridgehead atoms. The molecule has 1 rings (SSSR count). The van der Waals surface area contributed by atoms with E-state index in [1.807, 2.05) is 27.8 Å². The molecule has 1 saturated carbocycles. The summed E-state index contributed by atoms with van der Waals surface area (Å²) in [5.74, 6) is 0.270. The first-order valence-corrected chi connectivity index (χ1v) is 8.40. The van der Waals surface area contributed by atoms with E-state index in [0.29, 0.717) is 0 Å². The van der Waals surface area contributed by atoms with Crippen LogP contribution in [0.4, 0.5) is 0 Å². The fourth-order valence-electron chi connectivity index (χ4n) is 3.21. The molecule has 1 fully saturated rings. The second-order valence-electron chi connectivity index (χ2n) is 8.93. The Hall–Kier alpha value is -0.570. The van der Waals surface area contributed by atoms with Gasteiger partial charge in [-0.3, -0.25) is 9.69 Å². The molecule has 0 radical (unpaired) electrons. The van der Waals surface area contributed by atoms with Crippen LogP contribution in [-0.4, -0.2) is 47.4 Å². The van der Waals surface area contributed by atoms with Gasteiger partial charge < -0.3 is 4.90 Å². The lowest BCUT2D eigenvalue weighted by Gasteiger charge is -2.50. The number of amides is 1. The molecule has 0 aromatic heterocycles. The Morgan fingerprint density at radius 3 is 1.81 bits per heavy atom. The van der Waals surface area contributed by atoms with E-state index in [2.05, 4.69) is 37.6 Å². The van der Waals surface area contributed by atoms with E-state index in [0.717, 1.165) is 19.4 Å². The van der Waals surface area contributed by atoms with E-state index in [1.54, 1.807) is 0 Å². The maximum absolute atomic E-state index is 12.8. The Labute approximate surface area is 132 Å². The minimum atomic E-state index is -0.306. The first-order chi connectivity index (χ1) is 9.40. The van der Waals surface area contributed by atoms with Crippen LogP contribution in [-0.2, 0) is 4.79 Å². The zero-order chi connectivity index (χ0) is 16.5. The molecule has 0 spiro atoms. The molecule has 0 N–H and O–H groups in total. The molecule has 3 nitrogen and oxygen atoms in total. The number of carbonyl (C=O) groups is 1. The Morgan fingerprint density at radius 2 is 1.43 bits per heavy atom. The zero-order valence-electron chi connectivity index (χ0n) is 15.5. The largest absolute Gasteiger partial charge is 0.338 e. The molecule has 0 saturated heterocycles. The van der Waals surface area contributed by atoms with E-state index in [-0.39, 0.29) is 22.4 Å². The number of rotatable bonds is 3. The molecular weight excluding hydrogens is 260 g/mol. The Morgan fingerprint density at radius 1 is 0.952 bits per heavy atom. The van der Waals surface area contributed by atoms with Gasteiger partial charge in [0.2, 0.25) is 5.91 Å². The summed E-state index contributed by atoms with van der Waals surface area (Å²) in [6.45, 7) is 13.8. The standard InChI is InChI=1S/C18H36N2O/c1-16(2,3)15(21)20(8)18(12-10-9-11-13-18)14-19(7)17(4,5)6/h9-14H2,1-8H3. The maximum atomic E-state index is 12.8. The second-order valence-corrected chi connectivity index (χ2v) is 8.93. The van der Waals surface area contributed by atoms with E-state index < -0.39 is 0 Å². The van der Waals surface area contributed by atoms with Crippen LogP contribution in [0.25, 0.3) is 0 Å². The maximum Gasteiger partial charge on any atom is 0.228 e. The summed E-state index contributed by atoms with van der Waals surface area (Å²) in [6, 6.07) is 0. The molecule has 0 aliphatic heterocycles. The van der Waals surface area contributed by atoms with Crippen molar-refractivity contribution in [1.29, 1.82) is 0 Å². The van der Waals surface area contributed by atoms with Crippen LogP contribution in [0.15, 0.2) is 0 Å². The average Bonchev–Trinajstić information content (AvgIpc) is 2.35. The first kappa shape index (κ1) is 18.5. The van der Waals surface area contributed by atoms with E-state index >= 15 is 0 Å². The molecule has 0 aromatic rings. The van der Waals surface area contributed by atoms with Crippen molar-refractivity contribution >= 4 is 5.91 Å². The summed E-state index contributed by atoms with van der Waals surface area (Å²) in [5.41, 5.74) is -0.166. The number of hydrogen-bond donors (Lipinski definition) is 0. The van der Waals surface area contributed by atoms with Crippen LogP contribution in [0.1, 0.15) is 73.6 Å². The highest BCUT2D eigenvalue weighted by molar-refractivity contribution is 5.82. The first-order valence-electron chi connectivity index (χ1n) is 8.40. The van der Waals surface area contributed by atoms with Gasteiger partial charge >= 0.3 is 0 Å². The van der Waals surface area contributed by atoms with Gasteiger partial charge in [-0.25, -0.2) is 0 Å². The van der Waals surface area contributed by atoms with Crippen molar-refractivity contribution in [3.05, 3.63) is 0 Å². The predicted molar refractivity (Wildman–Crippen MR) is 90.4 cm³/mol. The Balaban J connectivity index is 3.01. The van der Waals surface area contributed by atoms with Gasteiger partial charge in [0, 0.05) is 24.5 Å². The monoisotopic (exact) mass is 296 g/mol. The van der Waals surface area contributed by atoms with Crippen LogP contribution in [0, 0.1) is 5.41 Å². The predicted octanol–water partition coefficient (Wildman–Crippen LogP) is 3.92. The summed E-state index contributed by atoms with van der Waals surface area (Å²) in [5, 5.41) is 0. The lowest BCUT2D eigenvalue weighted by molar-refractivity contribution is -0.147. The fourth-order valence-corrected chi connectivity index (χ4v) is 3.21. The number of nitrogens with zero attached hydrogens (tertiary/aromatic N) is 2. The Bertz CT molecular complexity index is 356. The minimum absolute atomic E-state index is 0.00461. The van der Waals surface area contributed by atoms with Crippen molar-refractivity contribution in [3.63, 3.8) is 0 Å². The number of carbonyl (C=O) groups excluding carboxylic acids is 1. The van der Waals surface area contributed by atoms with Crippen molar-refractivity contribution in [2.24, 2.45) is 5.41 Å². The summed E-state index contributed by atoms with van der Waals surface area (Å²) in [6.07, 6.45) is 6.04. The van der Waals surface area contributed by atoms with Gasteiger partial charge in [-0.05, 0) is 40.7 Å². The van der Waals surface area contributed by atoms with Gasteiger partial charge in [0.1, 0.15) is 0 Å². The molecule has 1 aliphatic rings. The fraction of sp³-hybridized carbons (Fsp3) is 0.944. The number of likely N-dealkylation sites (N-methyl/N-ethyl adjacent to an activating group) is 2. The van der Waals surface area contributed by atoms with Crippen molar-refractivity contribution in [1.82, 2.24) is 9.80 Å². The van der Waals surface area contributed by atoms with Gasteiger partial charge in [-0.1, -0.05) is 40.0 Å². The summed E-state index contributed by atoms with van der Waals surface area (Å²) < 4.78 is 0. The van der Waals surface area contributed by atoms with Gasteiger partial charge in [0.25, 0.3) is 0 Å². The lowest BCUT2D eigenvalue weighted by atomic mass is 9.78. The smallest absolute Gasteiger partial charge is 0.228 e. The van der Waals surface area contributed by atoms with Crippen molar-refractivity contribution in [2.45, 2.75) is 84.7 Å². The third kappa shape index (κ3) is 4.45. The van der Waals surface area contributed by atoms with E-state index in [9.17, 15) is 4.79 Å². The highest BCUT2D eigenvalue weighted by atomic mass is 16.2. The minimum Gasteiger partial charge on any atom is -0.338 e. The van der Waals surface area contributed by atoms with E-state index in [1.165, 1.54) is 19.3 Å². The van der Waals surface area contributed by atoms with Crippen LogP contribution in [0.2, 0.25) is 0 Å². The molecular formula is C18H36N2O. The number of hydrogen-bond acceptors (Lipinski definition) is 2. The highest BCUT2D eigenvalue weighted by Gasteiger charge is 2.43. The molecule has 1 amide bonds. The zero-order valence-corrected chi connectivity index (χ0v) is 15.5. The molecule has 3 heteroatoms. The topological polar surface area (TPSA) is 23.6 Å². The summed E-state index contributed by atoms with van der Waals surface area (Å²) in [7, 11) is 4.21. The summed E-state index contributed by atoms with van der Waals surface area (Å²) in [4.78, 5) is 17.3. The van der Waals surface area contributed by atoms with Crippen molar-refractivity contribution in [3.8, 4) is 0 Å². The molecule has 0 atom stereocenters. The normalized spacial score (nSPS) is 19.7. The van der Waals surface area contributed by atoms with Crippen molar-refractivity contribution in [2.75, 3.05) is 20.6 Å². The molecule has 1 aliphatic carbocycles. The third-order valence-electron chi connectivity index (χ3n) is 5.12. The SMILES string of the molecule is CN(CC1(N(C)C(=O)C(C)(C)C)CCCCC1)C(C)(C)C. The van der Waals surface area contributed by atoms with Crippen LogP contribution in [0.3, 0.4) is 0 Å². The van der Waals surface area contributed by atoms with E-state index in [4.69, 9.17) is 0 Å². The third-order valence-corrected chi connectivity index (χ3v) is 5.12.